The maximum atomic E-state index is 11.8. The second-order valence-electron chi connectivity index (χ2n) is 7.24. The predicted octanol–water partition coefficient (Wildman–Crippen LogP) is 3.32. The number of nitrogens with one attached hydrogen (secondary N) is 2. The minimum atomic E-state index is -0.451. The highest BCUT2D eigenvalue weighted by molar-refractivity contribution is 5.68. The van der Waals surface area contributed by atoms with Crippen LogP contribution in [0.1, 0.15) is 52.0 Å². The van der Waals surface area contributed by atoms with Crippen LogP contribution < -0.4 is 10.6 Å². The third-order valence-corrected chi connectivity index (χ3v) is 3.98. The third-order valence-electron chi connectivity index (χ3n) is 3.98. The first kappa shape index (κ1) is 17.6. The summed E-state index contributed by atoms with van der Waals surface area (Å²) in [4.78, 5) is 11.8. The summed E-state index contributed by atoms with van der Waals surface area (Å²) in [6, 6.07) is 7.95. The SMILES string of the molecule is CC(C)(C)OC(=O)NC1CCC(NCc2ccc(O)cc2)CC1. The zero-order chi connectivity index (χ0) is 16.9. The molecule has 0 heterocycles. The number of hydrogen-bond donors (Lipinski definition) is 3. The topological polar surface area (TPSA) is 70.6 Å². The van der Waals surface area contributed by atoms with E-state index in [2.05, 4.69) is 10.6 Å². The molecule has 0 radical (unpaired) electrons. The second kappa shape index (κ2) is 7.68. The molecule has 5 heteroatoms. The molecule has 0 unspecified atom stereocenters. The lowest BCUT2D eigenvalue weighted by molar-refractivity contribution is 0.0489. The van der Waals surface area contributed by atoms with Crippen molar-refractivity contribution in [2.24, 2.45) is 0 Å². The van der Waals surface area contributed by atoms with Crippen LogP contribution in [-0.2, 0) is 11.3 Å². The highest BCUT2D eigenvalue weighted by Crippen LogP contribution is 2.20. The van der Waals surface area contributed by atoms with Crippen molar-refractivity contribution in [1.29, 1.82) is 0 Å². The quantitative estimate of drug-likeness (QED) is 0.796. The molecule has 2 rings (SSSR count). The molecule has 1 amide bonds. The number of phenols is 1. The first-order valence-electron chi connectivity index (χ1n) is 8.32. The van der Waals surface area contributed by atoms with E-state index in [1.807, 2.05) is 32.9 Å². The Morgan fingerprint density at radius 2 is 1.70 bits per heavy atom. The van der Waals surface area contributed by atoms with E-state index < -0.39 is 5.60 Å². The zero-order valence-electron chi connectivity index (χ0n) is 14.3. The van der Waals surface area contributed by atoms with Crippen LogP contribution >= 0.6 is 0 Å². The summed E-state index contributed by atoms with van der Waals surface area (Å²) in [7, 11) is 0. The molecule has 5 nitrogen and oxygen atoms in total. The zero-order valence-corrected chi connectivity index (χ0v) is 14.3. The first-order chi connectivity index (χ1) is 10.8. The molecule has 23 heavy (non-hydrogen) atoms. The molecule has 0 atom stereocenters. The smallest absolute Gasteiger partial charge is 0.407 e. The van der Waals surface area contributed by atoms with E-state index in [1.165, 1.54) is 0 Å². The number of alkyl carbamates (subject to hydrolysis) is 1. The second-order valence-corrected chi connectivity index (χ2v) is 7.24. The Labute approximate surface area is 138 Å². The Morgan fingerprint density at radius 3 is 2.26 bits per heavy atom. The van der Waals surface area contributed by atoms with Crippen LogP contribution in [0.5, 0.6) is 5.75 Å². The molecule has 3 N–H and O–H groups in total. The van der Waals surface area contributed by atoms with Gasteiger partial charge in [0.05, 0.1) is 0 Å². The number of ether oxygens (including phenoxy) is 1. The van der Waals surface area contributed by atoms with E-state index in [0.29, 0.717) is 11.8 Å². The van der Waals surface area contributed by atoms with Gasteiger partial charge in [-0.3, -0.25) is 0 Å². The predicted molar refractivity (Wildman–Crippen MR) is 90.4 cm³/mol. The Kier molecular flexibility index (Phi) is 5.88. The molecule has 0 aromatic heterocycles. The van der Waals surface area contributed by atoms with Crippen molar-refractivity contribution in [1.82, 2.24) is 10.6 Å². The number of benzene rings is 1. The van der Waals surface area contributed by atoms with Crippen molar-refractivity contribution in [3.63, 3.8) is 0 Å². The number of aromatic hydroxyl groups is 1. The molecule has 1 aliphatic rings. The highest BCUT2D eigenvalue weighted by atomic mass is 16.6. The number of rotatable bonds is 4. The van der Waals surface area contributed by atoms with Crippen LogP contribution in [0.2, 0.25) is 0 Å². The molecule has 1 aliphatic carbocycles. The van der Waals surface area contributed by atoms with Crippen LogP contribution in [0, 0.1) is 0 Å². The molecule has 0 aliphatic heterocycles. The van der Waals surface area contributed by atoms with Gasteiger partial charge >= 0.3 is 6.09 Å². The minimum Gasteiger partial charge on any atom is -0.508 e. The molecule has 0 spiro atoms. The number of carbonyl (C=O) groups is 1. The van der Waals surface area contributed by atoms with Crippen LogP contribution in [0.15, 0.2) is 24.3 Å². The van der Waals surface area contributed by atoms with Crippen molar-refractivity contribution in [2.75, 3.05) is 0 Å². The van der Waals surface area contributed by atoms with Gasteiger partial charge in [0.1, 0.15) is 11.4 Å². The summed E-state index contributed by atoms with van der Waals surface area (Å²) in [5, 5.41) is 15.8. The molecule has 1 fully saturated rings. The summed E-state index contributed by atoms with van der Waals surface area (Å²) in [5.74, 6) is 0.294. The van der Waals surface area contributed by atoms with Crippen LogP contribution in [0.3, 0.4) is 0 Å². The average Bonchev–Trinajstić information content (AvgIpc) is 2.46. The molecule has 128 valence electrons. The Balaban J connectivity index is 1.67. The Morgan fingerprint density at radius 1 is 1.13 bits per heavy atom. The maximum Gasteiger partial charge on any atom is 0.407 e. The summed E-state index contributed by atoms with van der Waals surface area (Å²) in [6.45, 7) is 6.42. The fraction of sp³-hybridized carbons (Fsp3) is 0.611. The average molecular weight is 320 g/mol. The van der Waals surface area contributed by atoms with Crippen molar-refractivity contribution < 1.29 is 14.6 Å². The third kappa shape index (κ3) is 6.48. The van der Waals surface area contributed by atoms with Gasteiger partial charge in [0.25, 0.3) is 0 Å². The van der Waals surface area contributed by atoms with Gasteiger partial charge in [-0.25, -0.2) is 4.79 Å². The lowest BCUT2D eigenvalue weighted by atomic mass is 9.91. The molecular weight excluding hydrogens is 292 g/mol. The normalized spacial score (nSPS) is 21.7. The monoisotopic (exact) mass is 320 g/mol. The number of hydrogen-bond acceptors (Lipinski definition) is 4. The van der Waals surface area contributed by atoms with Gasteiger partial charge < -0.3 is 20.5 Å². The van der Waals surface area contributed by atoms with Crippen molar-refractivity contribution in [3.8, 4) is 5.75 Å². The molecule has 1 aromatic rings. The molecule has 1 aromatic carbocycles. The number of phenolic OH excluding ortho intramolecular Hbond substituents is 1. The number of carbonyl (C=O) groups excluding carboxylic acids is 1. The van der Waals surface area contributed by atoms with E-state index in [9.17, 15) is 9.90 Å². The number of amides is 1. The van der Waals surface area contributed by atoms with Crippen molar-refractivity contribution in [3.05, 3.63) is 29.8 Å². The van der Waals surface area contributed by atoms with Gasteiger partial charge in [0.2, 0.25) is 0 Å². The molecule has 1 saturated carbocycles. The van der Waals surface area contributed by atoms with E-state index in [-0.39, 0.29) is 12.1 Å². The Hall–Kier alpha value is -1.75. The van der Waals surface area contributed by atoms with Crippen molar-refractivity contribution in [2.45, 2.75) is 70.7 Å². The van der Waals surface area contributed by atoms with Gasteiger partial charge in [0, 0.05) is 18.6 Å². The fourth-order valence-electron chi connectivity index (χ4n) is 2.79. The van der Waals surface area contributed by atoms with Gasteiger partial charge in [-0.15, -0.1) is 0 Å². The summed E-state index contributed by atoms with van der Waals surface area (Å²) in [5.41, 5.74) is 0.712. The van der Waals surface area contributed by atoms with E-state index in [0.717, 1.165) is 37.8 Å². The van der Waals surface area contributed by atoms with Crippen LogP contribution in [0.25, 0.3) is 0 Å². The maximum absolute atomic E-state index is 11.8. The molecule has 0 saturated heterocycles. The van der Waals surface area contributed by atoms with Gasteiger partial charge in [-0.05, 0) is 64.2 Å². The van der Waals surface area contributed by atoms with Crippen LogP contribution in [-0.4, -0.2) is 28.9 Å². The lowest BCUT2D eigenvalue weighted by Gasteiger charge is -2.30. The van der Waals surface area contributed by atoms with Gasteiger partial charge in [-0.1, -0.05) is 12.1 Å². The minimum absolute atomic E-state index is 0.205. The molecular formula is C18H28N2O3. The summed E-state index contributed by atoms with van der Waals surface area (Å²) in [6.07, 6.45) is 3.69. The standard InChI is InChI=1S/C18H28N2O3/c1-18(2,3)23-17(22)20-15-8-6-14(7-9-15)19-12-13-4-10-16(21)11-5-13/h4-5,10-11,14-15,19,21H,6-9,12H2,1-3H3,(H,20,22). The first-order valence-corrected chi connectivity index (χ1v) is 8.32. The fourth-order valence-corrected chi connectivity index (χ4v) is 2.79. The highest BCUT2D eigenvalue weighted by Gasteiger charge is 2.24. The van der Waals surface area contributed by atoms with Gasteiger partial charge in [-0.2, -0.15) is 0 Å². The van der Waals surface area contributed by atoms with Crippen molar-refractivity contribution >= 4 is 6.09 Å². The largest absolute Gasteiger partial charge is 0.508 e. The summed E-state index contributed by atoms with van der Waals surface area (Å²) >= 11 is 0. The molecule has 0 bridgehead atoms. The summed E-state index contributed by atoms with van der Waals surface area (Å²) < 4.78 is 5.30. The van der Waals surface area contributed by atoms with Crippen LogP contribution in [0.4, 0.5) is 4.79 Å². The van der Waals surface area contributed by atoms with E-state index in [4.69, 9.17) is 4.74 Å². The van der Waals surface area contributed by atoms with E-state index >= 15 is 0 Å². The van der Waals surface area contributed by atoms with Gasteiger partial charge in [0.15, 0.2) is 0 Å². The van der Waals surface area contributed by atoms with E-state index in [1.54, 1.807) is 12.1 Å². The lowest BCUT2D eigenvalue weighted by Crippen LogP contribution is -2.43. The Bertz CT molecular complexity index is 500.